The Hall–Kier alpha value is -1.46. The third-order valence-corrected chi connectivity index (χ3v) is 7.85. The van der Waals surface area contributed by atoms with Crippen LogP contribution in [0.4, 0.5) is 0 Å². The van der Waals surface area contributed by atoms with Crippen molar-refractivity contribution in [2.75, 3.05) is 5.75 Å². The minimum Gasteiger partial charge on any atom is -0.508 e. The van der Waals surface area contributed by atoms with Crippen LogP contribution >= 0.6 is 11.8 Å². The number of unbranched alkanes of at least 4 members (excludes halogenated alkanes) is 9. The maximum absolute atomic E-state index is 12.5. The summed E-state index contributed by atoms with van der Waals surface area (Å²) in [6.07, 6.45) is 12.0. The van der Waals surface area contributed by atoms with E-state index in [9.17, 15) is 13.5 Å². The third-order valence-electron chi connectivity index (χ3n) is 5.02. The standard InChI is InChI=1S/C24H34O3S2/c1-2-3-4-5-6-7-8-9-10-11-20-29(26,27)24-18-16-23(17-19-24)28-22-14-12-21(25)13-15-22/h12-19,25H,2-11,20H2,1H3. The molecule has 0 heterocycles. The Morgan fingerprint density at radius 2 is 1.14 bits per heavy atom. The number of rotatable bonds is 14. The van der Waals surface area contributed by atoms with Crippen molar-refractivity contribution in [2.24, 2.45) is 0 Å². The summed E-state index contributed by atoms with van der Waals surface area (Å²) >= 11 is 1.54. The highest BCUT2D eigenvalue weighted by atomic mass is 32.2. The van der Waals surface area contributed by atoms with E-state index in [0.717, 1.165) is 29.1 Å². The van der Waals surface area contributed by atoms with Crippen molar-refractivity contribution in [1.82, 2.24) is 0 Å². The molecule has 0 unspecified atom stereocenters. The Labute approximate surface area is 180 Å². The number of phenols is 1. The van der Waals surface area contributed by atoms with Gasteiger partial charge < -0.3 is 5.11 Å². The lowest BCUT2D eigenvalue weighted by molar-refractivity contribution is 0.475. The van der Waals surface area contributed by atoms with Gasteiger partial charge in [0.15, 0.2) is 9.84 Å². The molecule has 2 aromatic rings. The molecule has 0 fully saturated rings. The highest BCUT2D eigenvalue weighted by Gasteiger charge is 2.14. The normalized spacial score (nSPS) is 11.6. The zero-order valence-corrected chi connectivity index (χ0v) is 19.1. The molecule has 0 aliphatic rings. The van der Waals surface area contributed by atoms with Crippen molar-refractivity contribution in [3.05, 3.63) is 48.5 Å². The number of phenolic OH excluding ortho intramolecular Hbond substituents is 1. The van der Waals surface area contributed by atoms with E-state index >= 15 is 0 Å². The first kappa shape index (κ1) is 23.8. The fourth-order valence-electron chi connectivity index (χ4n) is 3.26. The maximum Gasteiger partial charge on any atom is 0.178 e. The molecule has 0 amide bonds. The van der Waals surface area contributed by atoms with Crippen LogP contribution in [0.1, 0.15) is 71.1 Å². The van der Waals surface area contributed by atoms with Gasteiger partial charge in [-0.2, -0.15) is 0 Å². The minimum absolute atomic E-state index is 0.230. The molecule has 0 aromatic heterocycles. The molecule has 2 rings (SSSR count). The Morgan fingerprint density at radius 3 is 1.66 bits per heavy atom. The number of sulfone groups is 1. The molecular weight excluding hydrogens is 400 g/mol. The molecule has 0 aliphatic carbocycles. The van der Waals surface area contributed by atoms with Gasteiger partial charge in [-0.05, 0) is 55.0 Å². The second-order valence-electron chi connectivity index (χ2n) is 7.57. The van der Waals surface area contributed by atoms with E-state index in [4.69, 9.17) is 0 Å². The van der Waals surface area contributed by atoms with E-state index in [2.05, 4.69) is 6.92 Å². The lowest BCUT2D eigenvalue weighted by Gasteiger charge is -2.07. The van der Waals surface area contributed by atoms with Gasteiger partial charge in [0.25, 0.3) is 0 Å². The number of hydrogen-bond donors (Lipinski definition) is 1. The third kappa shape index (κ3) is 9.26. The zero-order chi connectivity index (χ0) is 21.0. The predicted molar refractivity (Wildman–Crippen MR) is 123 cm³/mol. The van der Waals surface area contributed by atoms with E-state index in [0.29, 0.717) is 4.90 Å². The molecule has 0 atom stereocenters. The lowest BCUT2D eigenvalue weighted by atomic mass is 10.1. The van der Waals surface area contributed by atoms with Gasteiger partial charge in [0.1, 0.15) is 5.75 Å². The summed E-state index contributed by atoms with van der Waals surface area (Å²) in [5, 5.41) is 9.34. The largest absolute Gasteiger partial charge is 0.508 e. The van der Waals surface area contributed by atoms with Crippen LogP contribution in [0.2, 0.25) is 0 Å². The second kappa shape index (κ2) is 13.0. The van der Waals surface area contributed by atoms with Crippen LogP contribution in [0, 0.1) is 0 Å². The highest BCUT2D eigenvalue weighted by molar-refractivity contribution is 7.99. The highest BCUT2D eigenvalue weighted by Crippen LogP contribution is 2.29. The van der Waals surface area contributed by atoms with E-state index in [1.165, 1.54) is 44.9 Å². The van der Waals surface area contributed by atoms with Gasteiger partial charge in [-0.3, -0.25) is 0 Å². The van der Waals surface area contributed by atoms with Gasteiger partial charge in [0.2, 0.25) is 0 Å². The van der Waals surface area contributed by atoms with Crippen molar-refractivity contribution in [1.29, 1.82) is 0 Å². The maximum atomic E-state index is 12.5. The van der Waals surface area contributed by atoms with Crippen LogP contribution < -0.4 is 0 Å². The van der Waals surface area contributed by atoms with E-state index in [1.54, 1.807) is 36.0 Å². The van der Waals surface area contributed by atoms with Gasteiger partial charge in [0.05, 0.1) is 10.6 Å². The minimum atomic E-state index is -3.21. The first-order valence-electron chi connectivity index (χ1n) is 10.8. The van der Waals surface area contributed by atoms with Gasteiger partial charge in [-0.25, -0.2) is 8.42 Å². The van der Waals surface area contributed by atoms with Crippen molar-refractivity contribution < 1.29 is 13.5 Å². The van der Waals surface area contributed by atoms with Crippen molar-refractivity contribution in [2.45, 2.75) is 85.8 Å². The summed E-state index contributed by atoms with van der Waals surface area (Å²) in [4.78, 5) is 2.39. The Bertz CT molecular complexity index is 797. The predicted octanol–water partition coefficient (Wildman–Crippen LogP) is 7.24. The SMILES string of the molecule is CCCCCCCCCCCCS(=O)(=O)c1ccc(Sc2ccc(O)cc2)cc1. The molecule has 3 nitrogen and oxygen atoms in total. The van der Waals surface area contributed by atoms with Gasteiger partial charge >= 0.3 is 0 Å². The molecule has 0 aliphatic heterocycles. The summed E-state index contributed by atoms with van der Waals surface area (Å²) in [6, 6.07) is 14.1. The van der Waals surface area contributed by atoms with E-state index in [1.807, 2.05) is 24.3 Å². The molecule has 160 valence electrons. The monoisotopic (exact) mass is 434 g/mol. The number of benzene rings is 2. The molecule has 1 N–H and O–H groups in total. The lowest BCUT2D eigenvalue weighted by Crippen LogP contribution is -2.06. The summed E-state index contributed by atoms with van der Waals surface area (Å²) in [5.41, 5.74) is 0. The Kier molecular flexibility index (Phi) is 10.6. The first-order valence-corrected chi connectivity index (χ1v) is 13.3. The number of aromatic hydroxyl groups is 1. The van der Waals surface area contributed by atoms with Crippen molar-refractivity contribution >= 4 is 21.6 Å². The summed E-state index contributed by atoms with van der Waals surface area (Å²) in [7, 11) is -3.21. The molecular formula is C24H34O3S2. The van der Waals surface area contributed by atoms with Gasteiger partial charge in [0, 0.05) is 9.79 Å². The van der Waals surface area contributed by atoms with Crippen LogP contribution in [-0.2, 0) is 9.84 Å². The molecule has 29 heavy (non-hydrogen) atoms. The average molecular weight is 435 g/mol. The van der Waals surface area contributed by atoms with Gasteiger partial charge in [-0.1, -0.05) is 76.5 Å². The summed E-state index contributed by atoms with van der Waals surface area (Å²) in [5.74, 6) is 0.469. The molecule has 0 radical (unpaired) electrons. The van der Waals surface area contributed by atoms with Crippen molar-refractivity contribution in [3.63, 3.8) is 0 Å². The fourth-order valence-corrected chi connectivity index (χ4v) is 5.45. The molecule has 0 saturated heterocycles. The Morgan fingerprint density at radius 1 is 0.690 bits per heavy atom. The van der Waals surface area contributed by atoms with Crippen LogP contribution in [0.3, 0.4) is 0 Å². The fraction of sp³-hybridized carbons (Fsp3) is 0.500. The van der Waals surface area contributed by atoms with Crippen LogP contribution in [0.15, 0.2) is 63.2 Å². The Balaban J connectivity index is 1.68. The molecule has 5 heteroatoms. The molecule has 0 bridgehead atoms. The molecule has 0 saturated carbocycles. The average Bonchev–Trinajstić information content (AvgIpc) is 2.71. The smallest absolute Gasteiger partial charge is 0.178 e. The zero-order valence-electron chi connectivity index (χ0n) is 17.5. The second-order valence-corrected chi connectivity index (χ2v) is 10.8. The van der Waals surface area contributed by atoms with E-state index < -0.39 is 9.84 Å². The topological polar surface area (TPSA) is 54.4 Å². The molecule has 0 spiro atoms. The van der Waals surface area contributed by atoms with Crippen molar-refractivity contribution in [3.8, 4) is 5.75 Å². The quantitative estimate of drug-likeness (QED) is 0.318. The summed E-state index contributed by atoms with van der Waals surface area (Å²) in [6.45, 7) is 2.24. The van der Waals surface area contributed by atoms with Crippen LogP contribution in [0.5, 0.6) is 5.75 Å². The molecule has 2 aromatic carbocycles. The van der Waals surface area contributed by atoms with E-state index in [-0.39, 0.29) is 11.5 Å². The van der Waals surface area contributed by atoms with Crippen LogP contribution in [0.25, 0.3) is 0 Å². The van der Waals surface area contributed by atoms with Crippen LogP contribution in [-0.4, -0.2) is 19.3 Å². The first-order chi connectivity index (χ1) is 14.0. The van der Waals surface area contributed by atoms with Gasteiger partial charge in [-0.15, -0.1) is 0 Å². The summed E-state index contributed by atoms with van der Waals surface area (Å²) < 4.78 is 25.1. The number of hydrogen-bond acceptors (Lipinski definition) is 4.